The first-order valence-electron chi connectivity index (χ1n) is 4.22. The molecule has 14 heavy (non-hydrogen) atoms. The third-order valence-corrected chi connectivity index (χ3v) is 2.30. The van der Waals surface area contributed by atoms with Crippen LogP contribution in [-0.2, 0) is 0 Å². The van der Waals surface area contributed by atoms with Crippen molar-refractivity contribution in [2.45, 2.75) is 19.4 Å². The van der Waals surface area contributed by atoms with Gasteiger partial charge in [0, 0.05) is 23.7 Å². The molecular formula is C8H14N4OS. The van der Waals surface area contributed by atoms with Gasteiger partial charge in [-0.25, -0.2) is 9.78 Å². The van der Waals surface area contributed by atoms with Crippen LogP contribution in [0.15, 0.2) is 11.6 Å². The minimum Gasteiger partial charge on any atom is -0.332 e. The zero-order valence-electron chi connectivity index (χ0n) is 8.20. The number of nitrogens with one attached hydrogen (secondary N) is 2. The predicted molar refractivity (Wildman–Crippen MR) is 57.4 cm³/mol. The Hall–Kier alpha value is -1.14. The Balaban J connectivity index is 2.44. The van der Waals surface area contributed by atoms with E-state index in [1.165, 1.54) is 11.3 Å². The molecule has 0 radical (unpaired) electrons. The molecule has 4 N–H and O–H groups in total. The molecule has 0 aliphatic rings. The Labute approximate surface area is 86.7 Å². The van der Waals surface area contributed by atoms with Crippen molar-refractivity contribution in [1.29, 1.82) is 0 Å². The number of hydrogen-bond donors (Lipinski definition) is 3. The molecule has 1 rings (SSSR count). The maximum atomic E-state index is 11.4. The monoisotopic (exact) mass is 214 g/mol. The van der Waals surface area contributed by atoms with Crippen LogP contribution in [0.25, 0.3) is 0 Å². The Morgan fingerprint density at radius 2 is 2.43 bits per heavy atom. The number of anilines is 1. The molecule has 0 fully saturated rings. The minimum atomic E-state index is -0.401. The molecule has 0 saturated carbocycles. The quantitative estimate of drug-likeness (QED) is 0.702. The number of aromatic nitrogens is 1. The van der Waals surface area contributed by atoms with Gasteiger partial charge in [-0.05, 0) is 13.8 Å². The number of rotatable bonds is 3. The summed E-state index contributed by atoms with van der Waals surface area (Å²) < 4.78 is 0. The third kappa shape index (κ3) is 3.31. The van der Waals surface area contributed by atoms with Crippen LogP contribution < -0.4 is 16.4 Å². The Morgan fingerprint density at radius 3 is 2.93 bits per heavy atom. The summed E-state index contributed by atoms with van der Waals surface area (Å²) in [5.41, 5.74) is 5.07. The molecule has 0 saturated heterocycles. The SMILES string of the molecule is CC(C)(CN)NC(=O)Nc1nccs1. The average molecular weight is 214 g/mol. The van der Waals surface area contributed by atoms with Crippen LogP contribution in [0, 0.1) is 0 Å². The second-order valence-corrected chi connectivity index (χ2v) is 4.40. The van der Waals surface area contributed by atoms with Crippen LogP contribution in [-0.4, -0.2) is 23.1 Å². The van der Waals surface area contributed by atoms with Gasteiger partial charge in [-0.15, -0.1) is 11.3 Å². The number of carbonyl (C=O) groups excluding carboxylic acids is 1. The van der Waals surface area contributed by atoms with E-state index in [1.807, 2.05) is 13.8 Å². The van der Waals surface area contributed by atoms with Gasteiger partial charge in [0.15, 0.2) is 5.13 Å². The summed E-state index contributed by atoms with van der Waals surface area (Å²) in [6.45, 7) is 4.10. The maximum absolute atomic E-state index is 11.4. The molecule has 6 heteroatoms. The van der Waals surface area contributed by atoms with Crippen molar-refractivity contribution in [3.63, 3.8) is 0 Å². The third-order valence-electron chi connectivity index (χ3n) is 1.62. The van der Waals surface area contributed by atoms with E-state index in [2.05, 4.69) is 15.6 Å². The van der Waals surface area contributed by atoms with Gasteiger partial charge in [-0.2, -0.15) is 0 Å². The van der Waals surface area contributed by atoms with Crippen LogP contribution >= 0.6 is 11.3 Å². The van der Waals surface area contributed by atoms with Gasteiger partial charge in [0.1, 0.15) is 0 Å². The van der Waals surface area contributed by atoms with E-state index in [4.69, 9.17) is 5.73 Å². The lowest BCUT2D eigenvalue weighted by molar-refractivity contribution is 0.242. The van der Waals surface area contributed by atoms with Crippen molar-refractivity contribution in [3.8, 4) is 0 Å². The van der Waals surface area contributed by atoms with Gasteiger partial charge in [-0.3, -0.25) is 5.32 Å². The molecule has 1 aromatic rings. The highest BCUT2D eigenvalue weighted by atomic mass is 32.1. The number of carbonyl (C=O) groups is 1. The van der Waals surface area contributed by atoms with Crippen LogP contribution in [0.3, 0.4) is 0 Å². The van der Waals surface area contributed by atoms with E-state index in [-0.39, 0.29) is 6.03 Å². The summed E-state index contributed by atoms with van der Waals surface area (Å²) in [6, 6.07) is -0.282. The smallest absolute Gasteiger partial charge is 0.321 e. The van der Waals surface area contributed by atoms with Gasteiger partial charge in [-0.1, -0.05) is 0 Å². The first-order valence-corrected chi connectivity index (χ1v) is 5.10. The number of nitrogens with two attached hydrogens (primary N) is 1. The Kier molecular flexibility index (Phi) is 3.43. The van der Waals surface area contributed by atoms with Crippen LogP contribution in [0.1, 0.15) is 13.8 Å². The molecule has 78 valence electrons. The van der Waals surface area contributed by atoms with Crippen molar-refractivity contribution in [2.24, 2.45) is 5.73 Å². The van der Waals surface area contributed by atoms with Crippen LogP contribution in [0.5, 0.6) is 0 Å². The maximum Gasteiger partial charge on any atom is 0.321 e. The normalized spacial score (nSPS) is 11.1. The van der Waals surface area contributed by atoms with Crippen molar-refractivity contribution in [1.82, 2.24) is 10.3 Å². The molecule has 0 spiro atoms. The van der Waals surface area contributed by atoms with E-state index < -0.39 is 5.54 Å². The molecule has 5 nitrogen and oxygen atoms in total. The van der Waals surface area contributed by atoms with E-state index in [1.54, 1.807) is 11.6 Å². The topological polar surface area (TPSA) is 80.0 Å². The molecular weight excluding hydrogens is 200 g/mol. The second kappa shape index (κ2) is 4.39. The average Bonchev–Trinajstić information content (AvgIpc) is 2.55. The highest BCUT2D eigenvalue weighted by Gasteiger charge is 2.18. The highest BCUT2D eigenvalue weighted by molar-refractivity contribution is 7.13. The van der Waals surface area contributed by atoms with Crippen molar-refractivity contribution >= 4 is 22.5 Å². The van der Waals surface area contributed by atoms with E-state index in [0.717, 1.165) is 0 Å². The number of hydrogen-bond acceptors (Lipinski definition) is 4. The molecule has 0 atom stereocenters. The molecule has 1 heterocycles. The minimum absolute atomic E-state index is 0.282. The van der Waals surface area contributed by atoms with Gasteiger partial charge in [0.25, 0.3) is 0 Å². The lowest BCUT2D eigenvalue weighted by atomic mass is 10.1. The number of thiazole rings is 1. The molecule has 0 aromatic carbocycles. The van der Waals surface area contributed by atoms with E-state index in [9.17, 15) is 4.79 Å². The van der Waals surface area contributed by atoms with Gasteiger partial charge < -0.3 is 11.1 Å². The lowest BCUT2D eigenvalue weighted by Gasteiger charge is -2.23. The Bertz CT molecular complexity index is 296. The fourth-order valence-electron chi connectivity index (χ4n) is 0.772. The Morgan fingerprint density at radius 1 is 1.71 bits per heavy atom. The number of nitrogens with zero attached hydrogens (tertiary/aromatic N) is 1. The fourth-order valence-corrected chi connectivity index (χ4v) is 1.30. The summed E-state index contributed by atoms with van der Waals surface area (Å²) in [6.07, 6.45) is 1.63. The molecule has 0 aliphatic carbocycles. The molecule has 0 bridgehead atoms. The largest absolute Gasteiger partial charge is 0.332 e. The zero-order valence-corrected chi connectivity index (χ0v) is 9.02. The van der Waals surface area contributed by atoms with Crippen molar-refractivity contribution in [3.05, 3.63) is 11.6 Å². The number of amides is 2. The molecule has 0 unspecified atom stereocenters. The van der Waals surface area contributed by atoms with Crippen molar-refractivity contribution < 1.29 is 4.79 Å². The predicted octanol–water partition coefficient (Wildman–Crippen LogP) is 1.00. The van der Waals surface area contributed by atoms with E-state index >= 15 is 0 Å². The first-order chi connectivity index (χ1) is 6.53. The summed E-state index contributed by atoms with van der Waals surface area (Å²) in [5.74, 6) is 0. The van der Waals surface area contributed by atoms with Gasteiger partial charge >= 0.3 is 6.03 Å². The van der Waals surface area contributed by atoms with Crippen LogP contribution in [0.2, 0.25) is 0 Å². The fraction of sp³-hybridized carbons (Fsp3) is 0.500. The van der Waals surface area contributed by atoms with Gasteiger partial charge in [0.2, 0.25) is 0 Å². The summed E-state index contributed by atoms with van der Waals surface area (Å²) in [4.78, 5) is 15.3. The van der Waals surface area contributed by atoms with Crippen LogP contribution in [0.4, 0.5) is 9.93 Å². The second-order valence-electron chi connectivity index (χ2n) is 3.50. The summed E-state index contributed by atoms with van der Waals surface area (Å²) >= 11 is 1.37. The van der Waals surface area contributed by atoms with Gasteiger partial charge in [0.05, 0.1) is 0 Å². The van der Waals surface area contributed by atoms with E-state index in [0.29, 0.717) is 11.7 Å². The van der Waals surface area contributed by atoms with Crippen molar-refractivity contribution in [2.75, 3.05) is 11.9 Å². The highest BCUT2D eigenvalue weighted by Crippen LogP contribution is 2.10. The molecule has 1 aromatic heterocycles. The first kappa shape index (κ1) is 10.9. The standard InChI is InChI=1S/C8H14N4OS/c1-8(2,5-9)12-6(13)11-7-10-3-4-14-7/h3-4H,5,9H2,1-2H3,(H2,10,11,12,13). The molecule has 2 amide bonds. The lowest BCUT2D eigenvalue weighted by Crippen LogP contribution is -2.50. The zero-order chi connectivity index (χ0) is 10.6. The number of urea groups is 1. The summed E-state index contributed by atoms with van der Waals surface area (Å²) in [7, 11) is 0. The summed E-state index contributed by atoms with van der Waals surface area (Å²) in [5, 5.41) is 7.72. The molecule has 0 aliphatic heterocycles.